The van der Waals surface area contributed by atoms with E-state index in [0.717, 1.165) is 38.1 Å². The highest BCUT2D eigenvalue weighted by atomic mass is 19.1. The van der Waals surface area contributed by atoms with Crippen molar-refractivity contribution in [2.75, 3.05) is 23.3 Å². The molecule has 1 amide bonds. The van der Waals surface area contributed by atoms with Crippen LogP contribution in [-0.2, 0) is 0 Å². The van der Waals surface area contributed by atoms with E-state index in [1.807, 2.05) is 4.90 Å². The van der Waals surface area contributed by atoms with Crippen LogP contribution in [0.2, 0.25) is 0 Å². The van der Waals surface area contributed by atoms with Gasteiger partial charge in [-0.05, 0) is 37.5 Å². The molecule has 0 atom stereocenters. The van der Waals surface area contributed by atoms with Crippen LogP contribution in [0.3, 0.4) is 0 Å². The Kier molecular flexibility index (Phi) is 4.45. The SMILES string of the molecule is O=C(Nc1c(F)cccc1F)c1ccnc(N2CCCCC2)n1. The fraction of sp³-hybridized carbons (Fsp3) is 0.312. The average molecular weight is 318 g/mol. The molecule has 1 aliphatic heterocycles. The minimum atomic E-state index is -0.830. The second-order valence-corrected chi connectivity index (χ2v) is 5.34. The fourth-order valence-electron chi connectivity index (χ4n) is 2.52. The van der Waals surface area contributed by atoms with Crippen LogP contribution in [0.1, 0.15) is 29.8 Å². The van der Waals surface area contributed by atoms with Crippen LogP contribution in [0.15, 0.2) is 30.5 Å². The van der Waals surface area contributed by atoms with Gasteiger partial charge in [-0.15, -0.1) is 0 Å². The lowest BCUT2D eigenvalue weighted by atomic mass is 10.1. The topological polar surface area (TPSA) is 58.1 Å². The Hall–Kier alpha value is -2.57. The minimum Gasteiger partial charge on any atom is -0.341 e. The maximum Gasteiger partial charge on any atom is 0.274 e. The number of carbonyl (C=O) groups is 1. The first-order valence-electron chi connectivity index (χ1n) is 7.48. The molecule has 1 aliphatic rings. The molecule has 0 radical (unpaired) electrons. The van der Waals surface area contributed by atoms with E-state index in [4.69, 9.17) is 0 Å². The molecule has 23 heavy (non-hydrogen) atoms. The zero-order valence-electron chi connectivity index (χ0n) is 12.4. The van der Waals surface area contributed by atoms with Crippen molar-refractivity contribution < 1.29 is 13.6 Å². The van der Waals surface area contributed by atoms with Gasteiger partial charge in [0, 0.05) is 19.3 Å². The molecule has 0 bridgehead atoms. The van der Waals surface area contributed by atoms with Crippen LogP contribution in [0, 0.1) is 11.6 Å². The molecule has 1 saturated heterocycles. The van der Waals surface area contributed by atoms with Gasteiger partial charge in [-0.2, -0.15) is 0 Å². The summed E-state index contributed by atoms with van der Waals surface area (Å²) >= 11 is 0. The molecule has 120 valence electrons. The van der Waals surface area contributed by atoms with Gasteiger partial charge in [0.25, 0.3) is 5.91 Å². The second kappa shape index (κ2) is 6.68. The Balaban J connectivity index is 1.80. The molecule has 1 fully saturated rings. The number of benzene rings is 1. The van der Waals surface area contributed by atoms with Crippen LogP contribution in [0.25, 0.3) is 0 Å². The largest absolute Gasteiger partial charge is 0.341 e. The third-order valence-electron chi connectivity index (χ3n) is 3.72. The monoisotopic (exact) mass is 318 g/mol. The number of para-hydroxylation sites is 1. The molecular weight excluding hydrogens is 302 g/mol. The van der Waals surface area contributed by atoms with Crippen molar-refractivity contribution in [2.24, 2.45) is 0 Å². The standard InChI is InChI=1S/C16H16F2N4O/c17-11-5-4-6-12(18)14(11)21-15(23)13-7-8-19-16(20-13)22-9-2-1-3-10-22/h4-8H,1-3,9-10H2,(H,21,23). The Bertz CT molecular complexity index is 697. The number of amides is 1. The molecule has 2 heterocycles. The Labute approximate surface area is 132 Å². The normalized spacial score (nSPS) is 14.6. The number of nitrogens with one attached hydrogen (secondary N) is 1. The number of aromatic nitrogens is 2. The summed E-state index contributed by atoms with van der Waals surface area (Å²) in [6.07, 6.45) is 4.76. The molecule has 1 aromatic heterocycles. The van der Waals surface area contributed by atoms with Crippen LogP contribution >= 0.6 is 0 Å². The summed E-state index contributed by atoms with van der Waals surface area (Å²) in [7, 11) is 0. The zero-order valence-corrected chi connectivity index (χ0v) is 12.4. The Morgan fingerprint density at radius 2 is 1.78 bits per heavy atom. The molecular formula is C16H16F2N4O. The van der Waals surface area contributed by atoms with Crippen LogP contribution in [0.4, 0.5) is 20.4 Å². The lowest BCUT2D eigenvalue weighted by Crippen LogP contribution is -2.31. The van der Waals surface area contributed by atoms with Gasteiger partial charge in [-0.1, -0.05) is 6.07 Å². The summed E-state index contributed by atoms with van der Waals surface area (Å²) in [5, 5.41) is 2.23. The molecule has 0 unspecified atom stereocenters. The number of nitrogens with zero attached hydrogens (tertiary/aromatic N) is 3. The first-order chi connectivity index (χ1) is 11.1. The predicted octanol–water partition coefficient (Wildman–Crippen LogP) is 3.00. The molecule has 3 rings (SSSR count). The summed E-state index contributed by atoms with van der Waals surface area (Å²) in [4.78, 5) is 22.6. The molecule has 0 saturated carbocycles. The van der Waals surface area contributed by atoms with Crippen molar-refractivity contribution in [1.29, 1.82) is 0 Å². The maximum atomic E-state index is 13.6. The highest BCUT2D eigenvalue weighted by Crippen LogP contribution is 2.19. The summed E-state index contributed by atoms with van der Waals surface area (Å²) < 4.78 is 27.2. The molecule has 7 heteroatoms. The van der Waals surface area contributed by atoms with E-state index < -0.39 is 23.2 Å². The third-order valence-corrected chi connectivity index (χ3v) is 3.72. The molecule has 1 aromatic carbocycles. The van der Waals surface area contributed by atoms with E-state index in [1.165, 1.54) is 24.8 Å². The maximum absolute atomic E-state index is 13.6. The summed E-state index contributed by atoms with van der Waals surface area (Å²) in [5.41, 5.74) is -0.404. The summed E-state index contributed by atoms with van der Waals surface area (Å²) in [5.74, 6) is -1.87. The minimum absolute atomic E-state index is 0.0724. The van der Waals surface area contributed by atoms with E-state index in [0.29, 0.717) is 5.95 Å². The lowest BCUT2D eigenvalue weighted by molar-refractivity contribution is 0.102. The smallest absolute Gasteiger partial charge is 0.274 e. The van der Waals surface area contributed by atoms with Gasteiger partial charge in [0.1, 0.15) is 23.0 Å². The Morgan fingerprint density at radius 1 is 1.09 bits per heavy atom. The average Bonchev–Trinajstić information content (AvgIpc) is 2.59. The molecule has 0 aliphatic carbocycles. The highest BCUT2D eigenvalue weighted by molar-refractivity contribution is 6.03. The van der Waals surface area contributed by atoms with Crippen LogP contribution < -0.4 is 10.2 Å². The van der Waals surface area contributed by atoms with E-state index >= 15 is 0 Å². The fourth-order valence-corrected chi connectivity index (χ4v) is 2.52. The van der Waals surface area contributed by atoms with E-state index in [9.17, 15) is 13.6 Å². The lowest BCUT2D eigenvalue weighted by Gasteiger charge is -2.26. The van der Waals surface area contributed by atoms with Gasteiger partial charge in [0.05, 0.1) is 0 Å². The first kappa shape index (κ1) is 15.3. The van der Waals surface area contributed by atoms with Gasteiger partial charge in [0.2, 0.25) is 5.95 Å². The number of piperidine rings is 1. The van der Waals surface area contributed by atoms with Crippen molar-refractivity contribution in [3.63, 3.8) is 0 Å². The van der Waals surface area contributed by atoms with Crippen molar-refractivity contribution in [3.8, 4) is 0 Å². The highest BCUT2D eigenvalue weighted by Gasteiger charge is 2.18. The molecule has 5 nitrogen and oxygen atoms in total. The molecule has 1 N–H and O–H groups in total. The van der Waals surface area contributed by atoms with Crippen LogP contribution in [-0.4, -0.2) is 29.0 Å². The van der Waals surface area contributed by atoms with Crippen molar-refractivity contribution >= 4 is 17.5 Å². The zero-order chi connectivity index (χ0) is 16.2. The van der Waals surface area contributed by atoms with Crippen molar-refractivity contribution in [3.05, 3.63) is 47.8 Å². The van der Waals surface area contributed by atoms with Crippen LogP contribution in [0.5, 0.6) is 0 Å². The van der Waals surface area contributed by atoms with E-state index in [-0.39, 0.29) is 5.69 Å². The number of hydrogen-bond acceptors (Lipinski definition) is 4. The Morgan fingerprint density at radius 3 is 2.48 bits per heavy atom. The number of hydrogen-bond donors (Lipinski definition) is 1. The number of halogens is 2. The summed E-state index contributed by atoms with van der Waals surface area (Å²) in [6.45, 7) is 1.68. The first-order valence-corrected chi connectivity index (χ1v) is 7.48. The predicted molar refractivity (Wildman–Crippen MR) is 82.4 cm³/mol. The van der Waals surface area contributed by atoms with E-state index in [2.05, 4.69) is 15.3 Å². The van der Waals surface area contributed by atoms with Gasteiger partial charge in [0.15, 0.2) is 0 Å². The van der Waals surface area contributed by atoms with Gasteiger partial charge < -0.3 is 10.2 Å². The van der Waals surface area contributed by atoms with Gasteiger partial charge in [-0.3, -0.25) is 4.79 Å². The summed E-state index contributed by atoms with van der Waals surface area (Å²) in [6, 6.07) is 4.82. The van der Waals surface area contributed by atoms with E-state index in [1.54, 1.807) is 0 Å². The molecule has 2 aromatic rings. The van der Waals surface area contributed by atoms with Crippen molar-refractivity contribution in [1.82, 2.24) is 9.97 Å². The number of rotatable bonds is 3. The van der Waals surface area contributed by atoms with Crippen molar-refractivity contribution in [2.45, 2.75) is 19.3 Å². The quantitative estimate of drug-likeness (QED) is 0.945. The number of carbonyl (C=O) groups excluding carboxylic acids is 1. The molecule has 0 spiro atoms. The number of anilines is 2. The second-order valence-electron chi connectivity index (χ2n) is 5.34. The third kappa shape index (κ3) is 3.44. The van der Waals surface area contributed by atoms with Gasteiger partial charge >= 0.3 is 0 Å². The van der Waals surface area contributed by atoms with Gasteiger partial charge in [-0.25, -0.2) is 18.7 Å².